The summed E-state index contributed by atoms with van der Waals surface area (Å²) in [7, 11) is 1.57. The van der Waals surface area contributed by atoms with Gasteiger partial charge in [0.25, 0.3) is 0 Å². The number of carboxylic acid groups (broad SMARTS) is 1. The van der Waals surface area contributed by atoms with Crippen LogP contribution >= 0.6 is 0 Å². The summed E-state index contributed by atoms with van der Waals surface area (Å²) in [4.78, 5) is 10.3. The smallest absolute Gasteiger partial charge is 0.303 e. The molecular formula is C29H51NO7. The third-order valence-corrected chi connectivity index (χ3v) is 5.15. The molecule has 0 aliphatic heterocycles. The van der Waals surface area contributed by atoms with Crippen molar-refractivity contribution in [2.24, 2.45) is 0 Å². The third-order valence-electron chi connectivity index (χ3n) is 5.15. The van der Waals surface area contributed by atoms with Crippen LogP contribution in [0.3, 0.4) is 0 Å². The minimum atomic E-state index is -1.55. The molecule has 7 N–H and O–H groups in total. The van der Waals surface area contributed by atoms with Gasteiger partial charge in [0.1, 0.15) is 18.3 Å². The lowest BCUT2D eigenvalue weighted by atomic mass is 10.0. The van der Waals surface area contributed by atoms with E-state index in [4.69, 9.17) is 25.5 Å². The fraction of sp³-hybridized carbons (Fsp3) is 0.621. The second-order valence-corrected chi connectivity index (χ2v) is 8.56. The minimum Gasteiger partial charge on any atom is -0.481 e. The van der Waals surface area contributed by atoms with E-state index in [0.29, 0.717) is 6.42 Å². The molecule has 8 heteroatoms. The molecule has 0 heterocycles. The summed E-state index contributed by atoms with van der Waals surface area (Å²) in [5.41, 5.74) is 0. The summed E-state index contributed by atoms with van der Waals surface area (Å²) in [5.74, 6) is -0.744. The van der Waals surface area contributed by atoms with Gasteiger partial charge in [-0.25, -0.2) is 0 Å². The highest BCUT2D eigenvalue weighted by molar-refractivity contribution is 5.66. The van der Waals surface area contributed by atoms with Gasteiger partial charge in [-0.3, -0.25) is 4.79 Å². The van der Waals surface area contributed by atoms with E-state index in [1.165, 1.54) is 25.7 Å². The highest BCUT2D eigenvalue weighted by Gasteiger charge is 2.29. The second kappa shape index (κ2) is 28.5. The van der Waals surface area contributed by atoms with Crippen molar-refractivity contribution in [3.8, 4) is 0 Å². The lowest BCUT2D eigenvalue weighted by Crippen LogP contribution is -2.48. The Hall–Kier alpha value is -2.07. The van der Waals surface area contributed by atoms with Crippen LogP contribution in [0.15, 0.2) is 60.8 Å². The van der Waals surface area contributed by atoms with E-state index in [9.17, 15) is 9.90 Å². The number of aliphatic carboxylic acids is 1. The molecule has 0 unspecified atom stereocenters. The first kappa shape index (κ1) is 37.1. The molecule has 0 aliphatic carbocycles. The maximum absolute atomic E-state index is 10.3. The summed E-state index contributed by atoms with van der Waals surface area (Å²) in [6.45, 7) is 1.60. The molecule has 8 nitrogen and oxygen atoms in total. The number of rotatable bonds is 21. The largest absolute Gasteiger partial charge is 0.481 e. The zero-order valence-corrected chi connectivity index (χ0v) is 22.7. The van der Waals surface area contributed by atoms with E-state index >= 15 is 0 Å². The van der Waals surface area contributed by atoms with Gasteiger partial charge >= 0.3 is 5.97 Å². The summed E-state index contributed by atoms with van der Waals surface area (Å²) in [6, 6.07) is 0. The van der Waals surface area contributed by atoms with Crippen molar-refractivity contribution in [1.29, 1.82) is 0 Å². The van der Waals surface area contributed by atoms with Gasteiger partial charge in [0.2, 0.25) is 0 Å². The number of unbranched alkanes of at least 4 members (excludes halogenated alkanes) is 4. The Balaban J connectivity index is 0. The molecule has 0 fully saturated rings. The van der Waals surface area contributed by atoms with E-state index in [1.54, 1.807) is 7.05 Å². The second-order valence-electron chi connectivity index (χ2n) is 8.56. The van der Waals surface area contributed by atoms with Crippen molar-refractivity contribution in [1.82, 2.24) is 5.32 Å². The van der Waals surface area contributed by atoms with Gasteiger partial charge in [-0.15, -0.1) is 0 Å². The molecule has 0 radical (unpaired) electrons. The van der Waals surface area contributed by atoms with Crippen LogP contribution in [0.1, 0.15) is 71.1 Å². The number of hydrogen-bond donors (Lipinski definition) is 7. The molecule has 0 spiro atoms. The molecule has 4 atom stereocenters. The number of likely N-dealkylation sites (N-methyl/N-ethyl adjacent to an activating group) is 1. The van der Waals surface area contributed by atoms with E-state index in [0.717, 1.165) is 25.7 Å². The van der Waals surface area contributed by atoms with E-state index < -0.39 is 37.0 Å². The average molecular weight is 526 g/mol. The maximum Gasteiger partial charge on any atom is 0.303 e. The van der Waals surface area contributed by atoms with Crippen molar-refractivity contribution in [3.63, 3.8) is 0 Å². The Morgan fingerprint density at radius 3 is 1.78 bits per heavy atom. The first-order valence-electron chi connectivity index (χ1n) is 13.3. The van der Waals surface area contributed by atoms with Gasteiger partial charge < -0.3 is 36.0 Å². The lowest BCUT2D eigenvalue weighted by molar-refractivity contribution is -0.136. The van der Waals surface area contributed by atoms with Gasteiger partial charge in [0.15, 0.2) is 0 Å². The van der Waals surface area contributed by atoms with Gasteiger partial charge in [-0.1, -0.05) is 67.7 Å². The predicted octanol–water partition coefficient (Wildman–Crippen LogP) is 3.41. The molecule has 0 aromatic rings. The number of allylic oxidation sites excluding steroid dienone is 10. The highest BCUT2D eigenvalue weighted by Crippen LogP contribution is 2.05. The fourth-order valence-corrected chi connectivity index (χ4v) is 2.96. The van der Waals surface area contributed by atoms with Gasteiger partial charge in [0.05, 0.1) is 12.7 Å². The number of carboxylic acids is 1. The molecule has 0 saturated heterocycles. The van der Waals surface area contributed by atoms with Gasteiger partial charge in [0, 0.05) is 13.0 Å². The standard InChI is InChI=1S/C22H34O2.C7H17NO5/c1-2-3-4-5-6-7-8-9-10-11-12-13-14-15-16-17-18-19-20-21-22(23)24;1-8-2-4(10)6(12)7(13)5(11)3-9/h3-4,9-10,12-13,16-19H,2,5-8,11,14-15,20-21H2,1H3,(H,23,24);4-13H,2-3H2,1H3/b4-3-,10-9-,13-12-,17-16+,19-18-;/t;4-,5+,6+,7+/m.0/s1. The quantitative estimate of drug-likeness (QED) is 0.0684. The van der Waals surface area contributed by atoms with Crippen LogP contribution < -0.4 is 5.32 Å². The maximum atomic E-state index is 10.3. The molecule has 0 amide bonds. The Labute approximate surface area is 223 Å². The lowest BCUT2D eigenvalue weighted by Gasteiger charge is -2.25. The third kappa shape index (κ3) is 26.8. The number of aliphatic hydroxyl groups excluding tert-OH is 5. The van der Waals surface area contributed by atoms with Crippen molar-refractivity contribution in [3.05, 3.63) is 60.8 Å². The summed E-state index contributed by atoms with van der Waals surface area (Å²) in [5, 5.41) is 56.0. The zero-order valence-electron chi connectivity index (χ0n) is 22.7. The molecular weight excluding hydrogens is 474 g/mol. The number of nitrogens with one attached hydrogen (secondary N) is 1. The van der Waals surface area contributed by atoms with Crippen LogP contribution in [0.5, 0.6) is 0 Å². The van der Waals surface area contributed by atoms with E-state index in [2.05, 4.69) is 54.8 Å². The zero-order chi connectivity index (χ0) is 28.2. The average Bonchev–Trinajstić information content (AvgIpc) is 2.89. The van der Waals surface area contributed by atoms with E-state index in [1.807, 2.05) is 18.2 Å². The number of aliphatic hydroxyl groups is 5. The van der Waals surface area contributed by atoms with Crippen LogP contribution in [0.2, 0.25) is 0 Å². The van der Waals surface area contributed by atoms with Gasteiger partial charge in [-0.05, 0) is 64.8 Å². The molecule has 0 aromatic heterocycles. The first-order chi connectivity index (χ1) is 17.8. The molecule has 37 heavy (non-hydrogen) atoms. The van der Waals surface area contributed by atoms with Crippen LogP contribution in [0.25, 0.3) is 0 Å². The van der Waals surface area contributed by atoms with Crippen LogP contribution in [0.4, 0.5) is 0 Å². The van der Waals surface area contributed by atoms with E-state index in [-0.39, 0.29) is 13.0 Å². The number of hydrogen-bond acceptors (Lipinski definition) is 7. The molecule has 0 aliphatic rings. The Kier molecular flexibility index (Phi) is 28.6. The predicted molar refractivity (Wildman–Crippen MR) is 150 cm³/mol. The fourth-order valence-electron chi connectivity index (χ4n) is 2.96. The molecule has 214 valence electrons. The Morgan fingerprint density at radius 1 is 0.730 bits per heavy atom. The van der Waals surface area contributed by atoms with Crippen molar-refractivity contribution in [2.75, 3.05) is 20.2 Å². The SMILES string of the molecule is CC/C=C\CCCC/C=C\C/C=C\CC/C=C/C=C\CCC(=O)O.CNC[C@H](O)[C@@H](O)[C@H](O)[C@H](O)CO. The van der Waals surface area contributed by atoms with Gasteiger partial charge in [-0.2, -0.15) is 0 Å². The molecule has 0 bridgehead atoms. The Morgan fingerprint density at radius 2 is 1.24 bits per heavy atom. The monoisotopic (exact) mass is 525 g/mol. The van der Waals surface area contributed by atoms with Crippen LogP contribution in [0, 0.1) is 0 Å². The van der Waals surface area contributed by atoms with Crippen LogP contribution in [-0.4, -0.2) is 81.2 Å². The number of carbonyl (C=O) groups is 1. The van der Waals surface area contributed by atoms with Crippen molar-refractivity contribution < 1.29 is 35.4 Å². The minimum absolute atomic E-state index is 0.0936. The van der Waals surface area contributed by atoms with Crippen molar-refractivity contribution >= 4 is 5.97 Å². The molecule has 0 rings (SSSR count). The topological polar surface area (TPSA) is 150 Å². The summed E-state index contributed by atoms with van der Waals surface area (Å²) >= 11 is 0. The Bertz CT molecular complexity index is 659. The molecule has 0 saturated carbocycles. The normalized spacial score (nSPS) is 15.5. The first-order valence-corrected chi connectivity index (χ1v) is 13.3. The van der Waals surface area contributed by atoms with Crippen LogP contribution in [-0.2, 0) is 4.79 Å². The summed E-state index contributed by atoms with van der Waals surface area (Å²) in [6.07, 6.45) is 25.8. The highest BCUT2D eigenvalue weighted by atomic mass is 16.4. The molecule has 0 aromatic carbocycles. The summed E-state index contributed by atoms with van der Waals surface area (Å²) < 4.78 is 0. The van der Waals surface area contributed by atoms with Crippen molar-refractivity contribution in [2.45, 2.75) is 95.5 Å².